The van der Waals surface area contributed by atoms with Crippen molar-refractivity contribution in [1.29, 1.82) is 0 Å². The monoisotopic (exact) mass is 618 g/mol. The Bertz CT molecular complexity index is 2500. The molecule has 2 aliphatic rings. The maximum atomic E-state index is 6.32. The SMILES string of the molecule is Clc1ccc2c(ccc3cc(-c4ccc5c(c4)C4(c6ccccc6-5)c5ccccc5C([n+]5ccccc5)c5ccccc54)ccc32)c1. The molecule has 47 heavy (non-hydrogen) atoms. The molecule has 0 aliphatic heterocycles. The lowest BCUT2D eigenvalue weighted by molar-refractivity contribution is -0.705. The van der Waals surface area contributed by atoms with Gasteiger partial charge in [0.15, 0.2) is 12.4 Å². The molecule has 0 fully saturated rings. The Morgan fingerprint density at radius 1 is 0.447 bits per heavy atom. The standard InChI is InChI=1S/C45H29ClN/c46-33-20-23-35-32(27-33)17-16-31-26-29(18-21-34(31)35)30-19-22-37-36-10-2-5-13-40(36)45(43(37)28-30)41-14-6-3-11-38(41)44(47-24-8-1-9-25-47)39-12-4-7-15-42(39)45/h1-28,44H/q+1. The highest BCUT2D eigenvalue weighted by Crippen LogP contribution is 2.61. The van der Waals surface area contributed by atoms with Crippen molar-refractivity contribution in [3.8, 4) is 22.3 Å². The Kier molecular flexibility index (Phi) is 5.68. The van der Waals surface area contributed by atoms with Crippen LogP contribution in [0.1, 0.15) is 39.4 Å². The summed E-state index contributed by atoms with van der Waals surface area (Å²) in [5.74, 6) is 0. The molecular weight excluding hydrogens is 590 g/mol. The van der Waals surface area contributed by atoms with Crippen LogP contribution >= 0.6 is 11.6 Å². The zero-order valence-electron chi connectivity index (χ0n) is 25.6. The van der Waals surface area contributed by atoms with Crippen LogP contribution < -0.4 is 4.57 Å². The maximum Gasteiger partial charge on any atom is 0.209 e. The molecule has 1 spiro atoms. The highest BCUT2D eigenvalue weighted by atomic mass is 35.5. The number of nitrogens with zero attached hydrogens (tertiary/aromatic N) is 1. The molecule has 8 aromatic rings. The van der Waals surface area contributed by atoms with E-state index in [-0.39, 0.29) is 6.04 Å². The normalized spacial score (nSPS) is 17.3. The smallest absolute Gasteiger partial charge is 0.194 e. The zero-order valence-corrected chi connectivity index (χ0v) is 26.3. The van der Waals surface area contributed by atoms with Crippen LogP contribution in [0, 0.1) is 0 Å². The molecule has 0 unspecified atom stereocenters. The lowest BCUT2D eigenvalue weighted by Crippen LogP contribution is -2.46. The van der Waals surface area contributed by atoms with E-state index in [2.05, 4.69) is 163 Å². The fraction of sp³-hybridized carbons (Fsp3) is 0.0444. The van der Waals surface area contributed by atoms with Crippen molar-refractivity contribution in [3.63, 3.8) is 0 Å². The molecule has 0 bridgehead atoms. The van der Waals surface area contributed by atoms with Gasteiger partial charge in [-0.15, -0.1) is 0 Å². The highest BCUT2D eigenvalue weighted by Gasteiger charge is 2.53. The van der Waals surface area contributed by atoms with Crippen molar-refractivity contribution in [2.45, 2.75) is 11.5 Å². The maximum absolute atomic E-state index is 6.32. The van der Waals surface area contributed by atoms with Gasteiger partial charge in [-0.2, -0.15) is 4.57 Å². The fourth-order valence-electron chi connectivity index (χ4n) is 8.63. The quantitative estimate of drug-likeness (QED) is 0.134. The molecule has 2 heteroatoms. The summed E-state index contributed by atoms with van der Waals surface area (Å²) in [4.78, 5) is 0. The van der Waals surface area contributed by atoms with E-state index in [0.717, 1.165) is 10.4 Å². The average molecular weight is 619 g/mol. The lowest BCUT2D eigenvalue weighted by atomic mass is 9.60. The Balaban J connectivity index is 1.24. The predicted molar refractivity (Wildman–Crippen MR) is 193 cm³/mol. The van der Waals surface area contributed by atoms with Gasteiger partial charge < -0.3 is 0 Å². The Hall–Kier alpha value is -5.50. The first-order valence-corrected chi connectivity index (χ1v) is 16.6. The van der Waals surface area contributed by atoms with Gasteiger partial charge in [0.25, 0.3) is 0 Å². The van der Waals surface area contributed by atoms with Crippen molar-refractivity contribution < 1.29 is 4.57 Å². The van der Waals surface area contributed by atoms with E-state index in [9.17, 15) is 0 Å². The molecular formula is C45H29ClN+. The van der Waals surface area contributed by atoms with Crippen LogP contribution in [0.15, 0.2) is 170 Å². The van der Waals surface area contributed by atoms with Crippen LogP contribution in [0.5, 0.6) is 0 Å². The van der Waals surface area contributed by atoms with E-state index >= 15 is 0 Å². The predicted octanol–water partition coefficient (Wildman–Crippen LogP) is 10.9. The van der Waals surface area contributed by atoms with E-state index in [1.807, 2.05) is 12.1 Å². The summed E-state index contributed by atoms with van der Waals surface area (Å²) >= 11 is 6.32. The van der Waals surface area contributed by atoms with Gasteiger partial charge in [0.2, 0.25) is 6.04 Å². The molecule has 1 nitrogen and oxygen atoms in total. The van der Waals surface area contributed by atoms with Crippen molar-refractivity contribution in [2.24, 2.45) is 0 Å². The summed E-state index contributed by atoms with van der Waals surface area (Å²) in [7, 11) is 0. The lowest BCUT2D eigenvalue weighted by Gasteiger charge is -2.41. The number of rotatable bonds is 2. The van der Waals surface area contributed by atoms with E-state index in [1.54, 1.807) is 0 Å². The average Bonchev–Trinajstić information content (AvgIpc) is 3.42. The Labute approximate surface area is 279 Å². The molecule has 2 aliphatic carbocycles. The molecule has 1 heterocycles. The van der Waals surface area contributed by atoms with Crippen LogP contribution in [-0.4, -0.2) is 0 Å². The largest absolute Gasteiger partial charge is 0.209 e. The molecule has 0 saturated heterocycles. The second-order valence-electron chi connectivity index (χ2n) is 12.8. The summed E-state index contributed by atoms with van der Waals surface area (Å²) in [6.45, 7) is 0. The van der Waals surface area contributed by atoms with Gasteiger partial charge in [-0.3, -0.25) is 0 Å². The number of aromatic nitrogens is 1. The van der Waals surface area contributed by atoms with Crippen LogP contribution in [0.3, 0.4) is 0 Å². The van der Waals surface area contributed by atoms with Crippen LogP contribution in [-0.2, 0) is 5.41 Å². The highest BCUT2D eigenvalue weighted by molar-refractivity contribution is 6.31. The molecule has 0 radical (unpaired) electrons. The third-order valence-corrected chi connectivity index (χ3v) is 10.8. The van der Waals surface area contributed by atoms with Gasteiger partial charge in [0, 0.05) is 28.3 Å². The molecule has 0 N–H and O–H groups in total. The van der Waals surface area contributed by atoms with Gasteiger partial charge in [-0.25, -0.2) is 0 Å². The molecule has 0 amide bonds. The summed E-state index contributed by atoms with van der Waals surface area (Å²) in [6.07, 6.45) is 4.39. The molecule has 7 aromatic carbocycles. The zero-order chi connectivity index (χ0) is 31.1. The van der Waals surface area contributed by atoms with Crippen molar-refractivity contribution >= 4 is 33.1 Å². The first kappa shape index (κ1) is 26.7. The summed E-state index contributed by atoms with van der Waals surface area (Å²) in [5, 5.41) is 5.63. The molecule has 0 atom stereocenters. The molecule has 10 rings (SSSR count). The van der Waals surface area contributed by atoms with Crippen molar-refractivity contribution in [3.05, 3.63) is 209 Å². The number of halogens is 1. The van der Waals surface area contributed by atoms with E-state index in [4.69, 9.17) is 11.6 Å². The topological polar surface area (TPSA) is 3.88 Å². The second kappa shape index (κ2) is 10.00. The van der Waals surface area contributed by atoms with Gasteiger partial charge in [0.1, 0.15) is 0 Å². The molecule has 220 valence electrons. The fourth-order valence-corrected chi connectivity index (χ4v) is 8.81. The number of fused-ring (bicyclic) bond motifs is 12. The van der Waals surface area contributed by atoms with Crippen LogP contribution in [0.25, 0.3) is 43.8 Å². The van der Waals surface area contributed by atoms with Crippen molar-refractivity contribution in [2.75, 3.05) is 0 Å². The van der Waals surface area contributed by atoms with Crippen LogP contribution in [0.2, 0.25) is 5.02 Å². The minimum Gasteiger partial charge on any atom is -0.194 e. The van der Waals surface area contributed by atoms with E-state index in [0.29, 0.717) is 0 Å². The third-order valence-electron chi connectivity index (χ3n) is 10.5. The van der Waals surface area contributed by atoms with E-state index in [1.165, 1.54) is 71.8 Å². The third kappa shape index (κ3) is 3.69. The van der Waals surface area contributed by atoms with Gasteiger partial charge in [0.05, 0.1) is 5.41 Å². The Morgan fingerprint density at radius 2 is 1.02 bits per heavy atom. The minimum atomic E-state index is -0.437. The van der Waals surface area contributed by atoms with Crippen LogP contribution in [0.4, 0.5) is 0 Å². The van der Waals surface area contributed by atoms with Gasteiger partial charge in [-0.1, -0.05) is 133 Å². The Morgan fingerprint density at radius 3 is 1.77 bits per heavy atom. The first-order chi connectivity index (χ1) is 23.2. The summed E-state index contributed by atoms with van der Waals surface area (Å²) < 4.78 is 2.36. The van der Waals surface area contributed by atoms with Gasteiger partial charge >= 0.3 is 0 Å². The molecule has 1 aromatic heterocycles. The number of benzene rings is 7. The summed E-state index contributed by atoms with van der Waals surface area (Å²) in [6, 6.07) is 58.3. The molecule has 0 saturated carbocycles. The number of hydrogen-bond donors (Lipinski definition) is 0. The van der Waals surface area contributed by atoms with E-state index < -0.39 is 5.41 Å². The van der Waals surface area contributed by atoms with Gasteiger partial charge in [-0.05, 0) is 90.3 Å². The second-order valence-corrected chi connectivity index (χ2v) is 13.3. The minimum absolute atomic E-state index is 0.0822. The number of pyridine rings is 1. The van der Waals surface area contributed by atoms with Crippen molar-refractivity contribution in [1.82, 2.24) is 0 Å². The summed E-state index contributed by atoms with van der Waals surface area (Å²) in [5.41, 5.74) is 12.7. The first-order valence-electron chi connectivity index (χ1n) is 16.2. The number of hydrogen-bond acceptors (Lipinski definition) is 0.